The van der Waals surface area contributed by atoms with Crippen LogP contribution in [0.15, 0.2) is 48.5 Å². The van der Waals surface area contributed by atoms with Crippen molar-refractivity contribution in [2.45, 2.75) is 58.7 Å². The van der Waals surface area contributed by atoms with Gasteiger partial charge >= 0.3 is 0 Å². The number of hydrogen-bond acceptors (Lipinski definition) is 6. The summed E-state index contributed by atoms with van der Waals surface area (Å²) in [5, 5.41) is 8.29. The monoisotopic (exact) mass is 566 g/mol. The summed E-state index contributed by atoms with van der Waals surface area (Å²) < 4.78 is 0. The summed E-state index contributed by atoms with van der Waals surface area (Å²) >= 11 is 1.60. The van der Waals surface area contributed by atoms with Crippen LogP contribution in [0.25, 0.3) is 0 Å². The van der Waals surface area contributed by atoms with Gasteiger partial charge in [-0.3, -0.25) is 28.9 Å². The first-order chi connectivity index (χ1) is 19.0. The Kier molecular flexibility index (Phi) is 10.9. The molecule has 2 aromatic rings. The summed E-state index contributed by atoms with van der Waals surface area (Å²) in [5.41, 5.74) is 2.48. The minimum absolute atomic E-state index is 0.00642. The molecular formula is C30H38N4O5S. The number of aryl methyl sites for hydroxylation is 1. The molecule has 3 N–H and O–H groups in total. The normalized spacial score (nSPS) is 14.9. The minimum atomic E-state index is -1.08. The van der Waals surface area contributed by atoms with E-state index in [9.17, 15) is 24.0 Å². The van der Waals surface area contributed by atoms with Crippen LogP contribution in [0.5, 0.6) is 0 Å². The Hall–Kier alpha value is -3.66. The highest BCUT2D eigenvalue weighted by Gasteiger charge is 2.43. The molecule has 0 unspecified atom stereocenters. The summed E-state index contributed by atoms with van der Waals surface area (Å²) in [6.45, 7) is 7.72. The largest absolute Gasteiger partial charge is 0.353 e. The molecule has 40 heavy (non-hydrogen) atoms. The van der Waals surface area contributed by atoms with Gasteiger partial charge in [-0.1, -0.05) is 55.8 Å². The number of benzene rings is 2. The van der Waals surface area contributed by atoms with Gasteiger partial charge in [-0.15, -0.1) is 0 Å². The van der Waals surface area contributed by atoms with Crippen molar-refractivity contribution in [1.82, 2.24) is 20.9 Å². The number of thioether (sulfide) groups is 1. The van der Waals surface area contributed by atoms with Crippen molar-refractivity contribution >= 4 is 41.3 Å². The lowest BCUT2D eigenvalue weighted by Gasteiger charge is -2.28. The van der Waals surface area contributed by atoms with E-state index in [2.05, 4.69) is 16.0 Å². The van der Waals surface area contributed by atoms with Crippen molar-refractivity contribution in [3.05, 3.63) is 70.8 Å². The Morgan fingerprint density at radius 1 is 0.850 bits per heavy atom. The fraction of sp³-hybridized carbons (Fsp3) is 0.433. The summed E-state index contributed by atoms with van der Waals surface area (Å²) in [4.78, 5) is 66.7. The fourth-order valence-electron chi connectivity index (χ4n) is 4.51. The molecule has 3 atom stereocenters. The number of nitrogens with one attached hydrogen (secondary N) is 3. The molecule has 9 nitrogen and oxygen atoms in total. The molecule has 1 aliphatic rings. The summed E-state index contributed by atoms with van der Waals surface area (Å²) in [6, 6.07) is 11.2. The van der Waals surface area contributed by atoms with E-state index in [0.717, 1.165) is 21.8 Å². The average molecular weight is 567 g/mol. The van der Waals surface area contributed by atoms with Gasteiger partial charge in [-0.05, 0) is 50.1 Å². The molecule has 0 bridgehead atoms. The van der Waals surface area contributed by atoms with E-state index >= 15 is 0 Å². The van der Waals surface area contributed by atoms with E-state index in [1.54, 1.807) is 36.0 Å². The van der Waals surface area contributed by atoms with Crippen LogP contribution in [0.2, 0.25) is 0 Å². The van der Waals surface area contributed by atoms with Gasteiger partial charge in [-0.2, -0.15) is 11.8 Å². The van der Waals surface area contributed by atoms with E-state index < -0.39 is 41.8 Å². The molecule has 1 heterocycles. The third-order valence-electron chi connectivity index (χ3n) is 6.69. The zero-order valence-electron chi connectivity index (χ0n) is 23.7. The highest BCUT2D eigenvalue weighted by Crippen LogP contribution is 2.27. The molecular weight excluding hydrogens is 528 g/mol. The molecule has 0 saturated heterocycles. The van der Waals surface area contributed by atoms with E-state index in [1.165, 1.54) is 6.92 Å². The smallest absolute Gasteiger partial charge is 0.262 e. The maximum atomic E-state index is 13.4. The van der Waals surface area contributed by atoms with E-state index in [4.69, 9.17) is 0 Å². The van der Waals surface area contributed by atoms with Gasteiger partial charge in [-0.25, -0.2) is 0 Å². The number of amides is 5. The van der Waals surface area contributed by atoms with Crippen molar-refractivity contribution in [3.8, 4) is 0 Å². The highest BCUT2D eigenvalue weighted by atomic mass is 32.2. The number of carbonyl (C=O) groups is 5. The first-order valence-electron chi connectivity index (χ1n) is 13.4. The van der Waals surface area contributed by atoms with Crippen LogP contribution in [0, 0.1) is 12.8 Å². The predicted octanol–water partition coefficient (Wildman–Crippen LogP) is 2.72. The summed E-state index contributed by atoms with van der Waals surface area (Å²) in [6.07, 6.45) is 2.46. The molecule has 0 radical (unpaired) electrons. The quantitative estimate of drug-likeness (QED) is 0.253. The number of carbonyl (C=O) groups excluding carboxylic acids is 5. The highest BCUT2D eigenvalue weighted by molar-refractivity contribution is 7.98. The number of imide groups is 1. The first-order valence-corrected chi connectivity index (χ1v) is 14.8. The molecule has 5 amide bonds. The number of rotatable bonds is 13. The van der Waals surface area contributed by atoms with Crippen LogP contribution in [0.4, 0.5) is 0 Å². The average Bonchev–Trinajstić information content (AvgIpc) is 3.17. The molecule has 2 aromatic carbocycles. The molecule has 0 aliphatic carbocycles. The summed E-state index contributed by atoms with van der Waals surface area (Å²) in [5.74, 6) is -1.80. The molecule has 0 fully saturated rings. The number of fused-ring (bicyclic) bond motifs is 1. The number of nitrogens with zero attached hydrogens (tertiary/aromatic N) is 1. The van der Waals surface area contributed by atoms with Gasteiger partial charge < -0.3 is 16.0 Å². The van der Waals surface area contributed by atoms with Gasteiger partial charge in [0.25, 0.3) is 11.8 Å². The zero-order valence-corrected chi connectivity index (χ0v) is 24.5. The van der Waals surface area contributed by atoms with Crippen molar-refractivity contribution in [2.24, 2.45) is 5.92 Å². The van der Waals surface area contributed by atoms with Crippen LogP contribution in [0.3, 0.4) is 0 Å². The molecule has 3 rings (SSSR count). The standard InChI is InChI=1S/C30H38N4O5S/c1-18(2)16-25(34-29(38)22-8-6-7-9-23(22)30(34)39)28(37)32-20(4)26(35)33-24(27(36)31-14-15-40-5)17-21-12-10-19(3)11-13-21/h6-13,18,20,24-25H,14-17H2,1-5H3,(H,31,36)(H,32,37)(H,33,35)/t20-,24-,25-/m0/s1. The fourth-order valence-corrected chi connectivity index (χ4v) is 4.81. The van der Waals surface area contributed by atoms with Crippen LogP contribution >= 0.6 is 11.8 Å². The van der Waals surface area contributed by atoms with Crippen molar-refractivity contribution in [3.63, 3.8) is 0 Å². The second-order valence-electron chi connectivity index (χ2n) is 10.4. The Morgan fingerprint density at radius 2 is 1.45 bits per heavy atom. The van der Waals surface area contributed by atoms with E-state index in [1.807, 2.05) is 51.3 Å². The second kappa shape index (κ2) is 14.1. The van der Waals surface area contributed by atoms with E-state index in [0.29, 0.717) is 6.54 Å². The molecule has 0 aromatic heterocycles. The predicted molar refractivity (Wildman–Crippen MR) is 156 cm³/mol. The lowest BCUT2D eigenvalue weighted by atomic mass is 10.0. The lowest BCUT2D eigenvalue weighted by Crippen LogP contribution is -2.57. The van der Waals surface area contributed by atoms with E-state index in [-0.39, 0.29) is 35.8 Å². The molecule has 1 aliphatic heterocycles. The van der Waals surface area contributed by atoms with Crippen molar-refractivity contribution < 1.29 is 24.0 Å². The first kappa shape index (κ1) is 30.9. The van der Waals surface area contributed by atoms with Crippen molar-refractivity contribution in [2.75, 3.05) is 18.6 Å². The van der Waals surface area contributed by atoms with Gasteiger partial charge in [0.1, 0.15) is 18.1 Å². The third kappa shape index (κ3) is 7.71. The molecule has 0 saturated carbocycles. The van der Waals surface area contributed by atoms with Gasteiger partial charge in [0.15, 0.2) is 0 Å². The maximum absolute atomic E-state index is 13.4. The third-order valence-corrected chi connectivity index (χ3v) is 7.30. The van der Waals surface area contributed by atoms with Crippen LogP contribution < -0.4 is 16.0 Å². The van der Waals surface area contributed by atoms with Crippen molar-refractivity contribution in [1.29, 1.82) is 0 Å². The van der Waals surface area contributed by atoms with Crippen LogP contribution in [0.1, 0.15) is 59.0 Å². The Balaban J connectivity index is 1.73. The number of hydrogen-bond donors (Lipinski definition) is 3. The van der Waals surface area contributed by atoms with Gasteiger partial charge in [0.05, 0.1) is 11.1 Å². The molecule has 0 spiro atoms. The lowest BCUT2D eigenvalue weighted by molar-refractivity contribution is -0.133. The SMILES string of the molecule is CSCCNC(=O)[C@H](Cc1ccc(C)cc1)NC(=O)[C@H](C)NC(=O)[C@H](CC(C)C)N1C(=O)c2ccccc2C1=O. The zero-order chi connectivity index (χ0) is 29.4. The Labute approximate surface area is 239 Å². The molecule has 10 heteroatoms. The van der Waals surface area contributed by atoms with Crippen LogP contribution in [-0.2, 0) is 20.8 Å². The Morgan fingerprint density at radius 3 is 2.00 bits per heavy atom. The van der Waals surface area contributed by atoms with Gasteiger partial charge in [0, 0.05) is 18.7 Å². The van der Waals surface area contributed by atoms with Gasteiger partial charge in [0.2, 0.25) is 17.7 Å². The molecule has 214 valence electrons. The summed E-state index contributed by atoms with van der Waals surface area (Å²) in [7, 11) is 0. The topological polar surface area (TPSA) is 125 Å². The maximum Gasteiger partial charge on any atom is 0.262 e. The second-order valence-corrected chi connectivity index (χ2v) is 11.4. The Bertz CT molecular complexity index is 1210. The van der Waals surface area contributed by atoms with Crippen LogP contribution in [-0.4, -0.2) is 71.1 Å². The minimum Gasteiger partial charge on any atom is -0.353 e.